The molecule has 4 nitrogen and oxygen atoms in total. The van der Waals surface area contributed by atoms with E-state index in [1.54, 1.807) is 0 Å². The maximum Gasteiger partial charge on any atom is 0.303 e. The van der Waals surface area contributed by atoms with Gasteiger partial charge in [-0.05, 0) is 111 Å². The van der Waals surface area contributed by atoms with Crippen molar-refractivity contribution in [3.8, 4) is 0 Å². The van der Waals surface area contributed by atoms with Crippen LogP contribution in [-0.4, -0.2) is 23.7 Å². The van der Waals surface area contributed by atoms with Crippen molar-refractivity contribution in [1.82, 2.24) is 0 Å². The third-order valence-electron chi connectivity index (χ3n) is 10.4. The Kier molecular flexibility index (Phi) is 5.76. The number of rotatable bonds is 6. The molecule has 4 fully saturated rings. The van der Waals surface area contributed by atoms with Gasteiger partial charge in [0.2, 0.25) is 0 Å². The molecule has 0 aliphatic heterocycles. The van der Waals surface area contributed by atoms with Gasteiger partial charge in [0.25, 0.3) is 6.47 Å². The summed E-state index contributed by atoms with van der Waals surface area (Å²) in [7, 11) is 0. The largest absolute Gasteiger partial charge is 0.481 e. The predicted octanol–water partition coefficient (Wildman–Crippen LogP) is 5.69. The van der Waals surface area contributed by atoms with Crippen LogP contribution in [0.2, 0.25) is 0 Å². The molecule has 0 aromatic heterocycles. The lowest BCUT2D eigenvalue weighted by Crippen LogP contribution is -2.54. The Bertz CT molecular complexity index is 632. The standard InChI is InChI=1S/C25H40O4/c1-16(4-9-23(27)28)20-7-8-21-19-6-5-17-14-18(29-15-26)10-12-24(17,2)22(19)11-13-25(20,21)3/h15-22H,4-14H2,1-3H3,(H,27,28)/t16-,17+,18-,19+,20-,21+,22+,24+,25-/m1/s1. The molecule has 164 valence electrons. The van der Waals surface area contributed by atoms with Crippen LogP contribution in [0.3, 0.4) is 0 Å². The Morgan fingerprint density at radius 2 is 1.79 bits per heavy atom. The molecule has 4 heteroatoms. The second-order valence-corrected chi connectivity index (χ2v) is 11.4. The first-order chi connectivity index (χ1) is 13.8. The van der Waals surface area contributed by atoms with E-state index < -0.39 is 5.97 Å². The number of hydrogen-bond donors (Lipinski definition) is 1. The lowest BCUT2D eigenvalue weighted by atomic mass is 9.44. The molecule has 0 radical (unpaired) electrons. The highest BCUT2D eigenvalue weighted by atomic mass is 16.5. The van der Waals surface area contributed by atoms with E-state index in [0.29, 0.717) is 41.5 Å². The van der Waals surface area contributed by atoms with Crippen LogP contribution in [0.15, 0.2) is 0 Å². The van der Waals surface area contributed by atoms with Crippen molar-refractivity contribution in [2.24, 2.45) is 46.3 Å². The molecule has 0 saturated heterocycles. The fraction of sp³-hybridized carbons (Fsp3) is 0.920. The summed E-state index contributed by atoms with van der Waals surface area (Å²) in [4.78, 5) is 21.9. The maximum atomic E-state index is 11.1. The minimum Gasteiger partial charge on any atom is -0.481 e. The molecule has 0 amide bonds. The van der Waals surface area contributed by atoms with Crippen LogP contribution >= 0.6 is 0 Å². The Morgan fingerprint density at radius 1 is 1.07 bits per heavy atom. The Balaban J connectivity index is 1.48. The van der Waals surface area contributed by atoms with Crippen molar-refractivity contribution >= 4 is 12.4 Å². The number of carboxylic acid groups (broad SMARTS) is 1. The molecule has 4 aliphatic carbocycles. The number of carboxylic acids is 1. The molecular formula is C25H40O4. The molecule has 0 aromatic rings. The summed E-state index contributed by atoms with van der Waals surface area (Å²) in [5.41, 5.74) is 0.820. The molecule has 0 aromatic carbocycles. The number of carbonyl (C=O) groups excluding carboxylic acids is 1. The van der Waals surface area contributed by atoms with Gasteiger partial charge in [-0.3, -0.25) is 9.59 Å². The monoisotopic (exact) mass is 404 g/mol. The normalized spacial score (nSPS) is 47.4. The number of fused-ring (bicyclic) bond motifs is 5. The van der Waals surface area contributed by atoms with Crippen LogP contribution in [0.25, 0.3) is 0 Å². The lowest BCUT2D eigenvalue weighted by molar-refractivity contribution is -0.151. The quantitative estimate of drug-likeness (QED) is 0.578. The topological polar surface area (TPSA) is 63.6 Å². The Labute approximate surface area is 176 Å². The smallest absolute Gasteiger partial charge is 0.303 e. The average Bonchev–Trinajstić information content (AvgIpc) is 3.04. The van der Waals surface area contributed by atoms with Crippen LogP contribution in [-0.2, 0) is 14.3 Å². The van der Waals surface area contributed by atoms with Crippen LogP contribution in [0, 0.1) is 46.3 Å². The number of aliphatic carboxylic acids is 1. The second kappa shape index (κ2) is 7.89. The molecule has 0 bridgehead atoms. The van der Waals surface area contributed by atoms with Gasteiger partial charge in [-0.25, -0.2) is 0 Å². The van der Waals surface area contributed by atoms with E-state index in [-0.39, 0.29) is 6.10 Å². The van der Waals surface area contributed by atoms with Crippen molar-refractivity contribution in [3.63, 3.8) is 0 Å². The lowest BCUT2D eigenvalue weighted by Gasteiger charge is -2.61. The summed E-state index contributed by atoms with van der Waals surface area (Å²) in [6.45, 7) is 8.05. The molecule has 29 heavy (non-hydrogen) atoms. The minimum absolute atomic E-state index is 0.141. The van der Waals surface area contributed by atoms with E-state index in [1.807, 2.05) is 0 Å². The first kappa shape index (κ1) is 21.2. The predicted molar refractivity (Wildman–Crippen MR) is 112 cm³/mol. The summed E-state index contributed by atoms with van der Waals surface area (Å²) in [5, 5.41) is 9.12. The van der Waals surface area contributed by atoms with E-state index >= 15 is 0 Å². The molecule has 0 unspecified atom stereocenters. The van der Waals surface area contributed by atoms with Gasteiger partial charge < -0.3 is 9.84 Å². The van der Waals surface area contributed by atoms with Gasteiger partial charge in [0, 0.05) is 6.42 Å². The molecule has 0 spiro atoms. The molecule has 4 rings (SSSR count). The first-order valence-corrected chi connectivity index (χ1v) is 12.1. The molecular weight excluding hydrogens is 364 g/mol. The highest BCUT2D eigenvalue weighted by Crippen LogP contribution is 2.68. The highest BCUT2D eigenvalue weighted by Gasteiger charge is 2.60. The van der Waals surface area contributed by atoms with Crippen molar-refractivity contribution in [2.75, 3.05) is 0 Å². The molecule has 4 saturated carbocycles. The van der Waals surface area contributed by atoms with E-state index in [2.05, 4.69) is 20.8 Å². The van der Waals surface area contributed by atoms with E-state index in [0.717, 1.165) is 37.0 Å². The Morgan fingerprint density at radius 3 is 2.52 bits per heavy atom. The second-order valence-electron chi connectivity index (χ2n) is 11.4. The average molecular weight is 405 g/mol. The minimum atomic E-state index is -0.652. The van der Waals surface area contributed by atoms with E-state index in [9.17, 15) is 9.59 Å². The number of carbonyl (C=O) groups is 2. The van der Waals surface area contributed by atoms with Crippen molar-refractivity contribution in [2.45, 2.75) is 97.5 Å². The van der Waals surface area contributed by atoms with Gasteiger partial charge in [-0.15, -0.1) is 0 Å². The first-order valence-electron chi connectivity index (χ1n) is 12.1. The summed E-state index contributed by atoms with van der Waals surface area (Å²) in [5.74, 6) is 3.75. The highest BCUT2D eigenvalue weighted by molar-refractivity contribution is 5.66. The van der Waals surface area contributed by atoms with Gasteiger partial charge in [0.15, 0.2) is 0 Å². The summed E-state index contributed by atoms with van der Waals surface area (Å²) in [6, 6.07) is 0. The van der Waals surface area contributed by atoms with Gasteiger partial charge in [-0.1, -0.05) is 20.8 Å². The maximum absolute atomic E-state index is 11.1. The SMILES string of the molecule is C[C@H](CCC(=O)O)[C@H]1CC[C@H]2[C@@H]3CC[C@H]4C[C@H](OC=O)CC[C@]4(C)[C@H]3CC[C@]12C. The summed E-state index contributed by atoms with van der Waals surface area (Å²) in [6.07, 6.45) is 12.5. The van der Waals surface area contributed by atoms with E-state index in [4.69, 9.17) is 9.84 Å². The van der Waals surface area contributed by atoms with Gasteiger partial charge >= 0.3 is 5.97 Å². The van der Waals surface area contributed by atoms with Crippen molar-refractivity contribution in [3.05, 3.63) is 0 Å². The fourth-order valence-electron chi connectivity index (χ4n) is 8.95. The summed E-state index contributed by atoms with van der Waals surface area (Å²) >= 11 is 0. The van der Waals surface area contributed by atoms with Gasteiger partial charge in [-0.2, -0.15) is 0 Å². The third-order valence-corrected chi connectivity index (χ3v) is 10.4. The van der Waals surface area contributed by atoms with Gasteiger partial charge in [0.1, 0.15) is 6.10 Å². The zero-order valence-electron chi connectivity index (χ0n) is 18.6. The fourth-order valence-corrected chi connectivity index (χ4v) is 8.95. The van der Waals surface area contributed by atoms with E-state index in [1.165, 1.54) is 44.9 Å². The molecule has 0 heterocycles. The summed E-state index contributed by atoms with van der Waals surface area (Å²) < 4.78 is 5.36. The van der Waals surface area contributed by atoms with Crippen LogP contribution in [0.4, 0.5) is 0 Å². The Hall–Kier alpha value is -1.06. The molecule has 1 N–H and O–H groups in total. The van der Waals surface area contributed by atoms with Crippen molar-refractivity contribution < 1.29 is 19.4 Å². The number of hydrogen-bond acceptors (Lipinski definition) is 3. The molecule has 4 aliphatic rings. The van der Waals surface area contributed by atoms with Gasteiger partial charge in [0.05, 0.1) is 0 Å². The van der Waals surface area contributed by atoms with Crippen molar-refractivity contribution in [1.29, 1.82) is 0 Å². The third kappa shape index (κ3) is 3.53. The number of ether oxygens (including phenoxy) is 1. The zero-order valence-corrected chi connectivity index (χ0v) is 18.6. The van der Waals surface area contributed by atoms with Crippen LogP contribution < -0.4 is 0 Å². The zero-order chi connectivity index (χ0) is 20.8. The molecule has 9 atom stereocenters. The van der Waals surface area contributed by atoms with Crippen LogP contribution in [0.5, 0.6) is 0 Å². The van der Waals surface area contributed by atoms with Crippen LogP contribution in [0.1, 0.15) is 91.4 Å².